The van der Waals surface area contributed by atoms with Crippen LogP contribution in [0.1, 0.15) is 303 Å². The van der Waals surface area contributed by atoms with Crippen LogP contribution in [0.25, 0.3) is 0 Å². The lowest BCUT2D eigenvalue weighted by atomic mass is 10.0. The van der Waals surface area contributed by atoms with Gasteiger partial charge in [0.25, 0.3) is 0 Å². The third-order valence-electron chi connectivity index (χ3n) is 14.0. The molecule has 0 heterocycles. The Kier molecular flexibility index (Phi) is 62.8. The zero-order valence-corrected chi connectivity index (χ0v) is 51.6. The van der Waals surface area contributed by atoms with Gasteiger partial charge in [-0.1, -0.05) is 290 Å². The smallest absolute Gasteiger partial charge is 0.306 e. The minimum absolute atomic E-state index is 0.0850. The Morgan fingerprint density at radius 2 is 0.494 bits per heavy atom. The normalized spacial score (nSPS) is 12.9. The minimum atomic E-state index is -0.790. The first-order valence-corrected chi connectivity index (χ1v) is 33.0. The van der Waals surface area contributed by atoms with Gasteiger partial charge in [-0.3, -0.25) is 14.4 Å². The number of unbranched alkanes of at least 4 members (excludes halogenated alkanes) is 28. The van der Waals surface area contributed by atoms with Crippen molar-refractivity contribution in [1.82, 2.24) is 0 Å². The van der Waals surface area contributed by atoms with Crippen LogP contribution in [0.3, 0.4) is 0 Å². The Balaban J connectivity index is 4.27. The summed E-state index contributed by atoms with van der Waals surface area (Å²) in [6.07, 6.45) is 92.1. The number of rotatable bonds is 59. The lowest BCUT2D eigenvalue weighted by Gasteiger charge is -2.18. The monoisotopic (exact) mass is 1090 g/mol. The molecule has 0 amide bonds. The molecule has 0 rings (SSSR count). The van der Waals surface area contributed by atoms with Gasteiger partial charge >= 0.3 is 17.9 Å². The van der Waals surface area contributed by atoms with Gasteiger partial charge in [-0.15, -0.1) is 0 Å². The number of ether oxygens (including phenoxy) is 3. The number of allylic oxidation sites excluding steroid dienone is 20. The summed E-state index contributed by atoms with van der Waals surface area (Å²) in [5.74, 6) is -0.901. The molecule has 0 saturated heterocycles. The molecule has 1 unspecified atom stereocenters. The van der Waals surface area contributed by atoms with Crippen LogP contribution in [-0.4, -0.2) is 37.2 Å². The van der Waals surface area contributed by atoms with Gasteiger partial charge < -0.3 is 14.2 Å². The van der Waals surface area contributed by atoms with Gasteiger partial charge in [-0.25, -0.2) is 0 Å². The Labute approximate surface area is 488 Å². The maximum atomic E-state index is 12.9. The number of esters is 3. The van der Waals surface area contributed by atoms with Crippen LogP contribution >= 0.6 is 0 Å². The molecule has 6 nitrogen and oxygen atoms in total. The molecule has 0 fully saturated rings. The van der Waals surface area contributed by atoms with Gasteiger partial charge in [0.05, 0.1) is 0 Å². The third kappa shape index (κ3) is 64.5. The van der Waals surface area contributed by atoms with Crippen LogP contribution in [0.15, 0.2) is 122 Å². The summed E-state index contributed by atoms with van der Waals surface area (Å²) >= 11 is 0. The van der Waals surface area contributed by atoms with Crippen LogP contribution in [0.4, 0.5) is 0 Å². The molecule has 0 aliphatic carbocycles. The van der Waals surface area contributed by atoms with E-state index in [2.05, 4.69) is 142 Å². The Morgan fingerprint density at radius 3 is 0.785 bits per heavy atom. The zero-order chi connectivity index (χ0) is 57.1. The van der Waals surface area contributed by atoms with E-state index in [1.165, 1.54) is 122 Å². The molecule has 6 heteroatoms. The highest BCUT2D eigenvalue weighted by atomic mass is 16.6. The Morgan fingerprint density at radius 1 is 0.266 bits per heavy atom. The van der Waals surface area contributed by atoms with Crippen molar-refractivity contribution in [1.29, 1.82) is 0 Å². The van der Waals surface area contributed by atoms with Crippen molar-refractivity contribution in [2.45, 2.75) is 309 Å². The largest absolute Gasteiger partial charge is 0.462 e. The van der Waals surface area contributed by atoms with E-state index in [1.807, 2.05) is 0 Å². The van der Waals surface area contributed by atoms with E-state index >= 15 is 0 Å². The van der Waals surface area contributed by atoms with E-state index in [9.17, 15) is 14.4 Å². The molecular formula is C73H122O6. The van der Waals surface area contributed by atoms with Gasteiger partial charge in [-0.2, -0.15) is 0 Å². The van der Waals surface area contributed by atoms with E-state index in [1.54, 1.807) is 0 Å². The molecule has 0 bridgehead atoms. The maximum absolute atomic E-state index is 12.9. The fourth-order valence-electron chi connectivity index (χ4n) is 9.02. The van der Waals surface area contributed by atoms with Crippen molar-refractivity contribution in [3.8, 4) is 0 Å². The fraction of sp³-hybridized carbons (Fsp3) is 0.685. The maximum Gasteiger partial charge on any atom is 0.306 e. The summed E-state index contributed by atoms with van der Waals surface area (Å²) in [5, 5.41) is 0. The zero-order valence-electron chi connectivity index (χ0n) is 51.6. The molecule has 450 valence electrons. The summed E-state index contributed by atoms with van der Waals surface area (Å²) in [5.41, 5.74) is 0. The fourth-order valence-corrected chi connectivity index (χ4v) is 9.02. The Hall–Kier alpha value is -4.19. The predicted octanol–water partition coefficient (Wildman–Crippen LogP) is 22.8. The van der Waals surface area contributed by atoms with Gasteiger partial charge in [0, 0.05) is 19.3 Å². The summed E-state index contributed by atoms with van der Waals surface area (Å²) in [6.45, 7) is 6.50. The van der Waals surface area contributed by atoms with Crippen molar-refractivity contribution < 1.29 is 28.6 Å². The van der Waals surface area contributed by atoms with Crippen LogP contribution < -0.4 is 0 Å². The van der Waals surface area contributed by atoms with Crippen LogP contribution in [0, 0.1) is 0 Å². The van der Waals surface area contributed by atoms with Crippen molar-refractivity contribution in [3.63, 3.8) is 0 Å². The second-order valence-corrected chi connectivity index (χ2v) is 21.6. The van der Waals surface area contributed by atoms with Gasteiger partial charge in [0.1, 0.15) is 13.2 Å². The second kappa shape index (κ2) is 66.3. The summed E-state index contributed by atoms with van der Waals surface area (Å²) < 4.78 is 16.9. The first kappa shape index (κ1) is 74.8. The molecule has 0 spiro atoms. The number of carbonyl (C=O) groups excluding carboxylic acids is 3. The Bertz CT molecular complexity index is 1640. The molecule has 0 radical (unpaired) electrons. The molecule has 0 aromatic carbocycles. The first-order valence-electron chi connectivity index (χ1n) is 33.0. The lowest BCUT2D eigenvalue weighted by molar-refractivity contribution is -0.167. The van der Waals surface area contributed by atoms with Crippen LogP contribution in [0.2, 0.25) is 0 Å². The predicted molar refractivity (Wildman–Crippen MR) is 343 cm³/mol. The van der Waals surface area contributed by atoms with Crippen molar-refractivity contribution >= 4 is 17.9 Å². The van der Waals surface area contributed by atoms with E-state index in [0.717, 1.165) is 141 Å². The topological polar surface area (TPSA) is 78.9 Å². The lowest BCUT2D eigenvalue weighted by Crippen LogP contribution is -2.30. The molecule has 0 aliphatic rings. The highest BCUT2D eigenvalue weighted by molar-refractivity contribution is 5.71. The quantitative estimate of drug-likeness (QED) is 0.0261. The van der Waals surface area contributed by atoms with E-state index in [4.69, 9.17) is 14.2 Å². The number of hydrogen-bond donors (Lipinski definition) is 0. The van der Waals surface area contributed by atoms with Crippen molar-refractivity contribution in [2.24, 2.45) is 0 Å². The molecule has 1 atom stereocenters. The molecule has 79 heavy (non-hydrogen) atoms. The molecule has 0 aliphatic heterocycles. The summed E-state index contributed by atoms with van der Waals surface area (Å²) in [4.78, 5) is 38.3. The van der Waals surface area contributed by atoms with E-state index in [-0.39, 0.29) is 31.1 Å². The molecule has 0 aromatic heterocycles. The molecule has 0 aromatic rings. The van der Waals surface area contributed by atoms with Gasteiger partial charge in [0.2, 0.25) is 0 Å². The highest BCUT2D eigenvalue weighted by Gasteiger charge is 2.19. The van der Waals surface area contributed by atoms with Crippen molar-refractivity contribution in [2.75, 3.05) is 13.2 Å². The minimum Gasteiger partial charge on any atom is -0.462 e. The molecular weight excluding hydrogens is 973 g/mol. The second-order valence-electron chi connectivity index (χ2n) is 21.6. The van der Waals surface area contributed by atoms with Crippen molar-refractivity contribution in [3.05, 3.63) is 122 Å². The van der Waals surface area contributed by atoms with Gasteiger partial charge in [0.15, 0.2) is 6.10 Å². The standard InChI is InChI=1S/C73H122O6/c1-4-7-10-13-16-19-22-25-27-29-30-31-32-33-34-35-36-37-38-39-40-41-42-43-44-45-47-48-51-54-57-60-63-66-72(75)78-69-70(68-77-71(74)65-62-59-56-53-50-24-21-18-15-12-9-6-3)79-73(76)67-64-61-58-55-52-49-46-28-26-23-20-17-14-11-8-5-2/h7,10,16,19-20,23,25,27-28,30-31,33-34,36-37,39-40,42-43,46,70H,4-6,8-9,11-15,17-18,21-22,24,26,29,32,35,38,41,44-45,47-69H2,1-3H3/b10-7-,19-16-,23-20-,27-25-,31-30-,34-33-,37-36-,40-39-,43-42-,46-28-. The first-order chi connectivity index (χ1) is 39.0. The van der Waals surface area contributed by atoms with Crippen LogP contribution in [-0.2, 0) is 28.6 Å². The highest BCUT2D eigenvalue weighted by Crippen LogP contribution is 2.16. The van der Waals surface area contributed by atoms with Crippen LogP contribution in [0.5, 0.6) is 0 Å². The van der Waals surface area contributed by atoms with E-state index < -0.39 is 6.10 Å². The molecule has 0 N–H and O–H groups in total. The summed E-state index contributed by atoms with van der Waals surface area (Å²) in [7, 11) is 0. The molecule has 0 saturated carbocycles. The third-order valence-corrected chi connectivity index (χ3v) is 14.0. The van der Waals surface area contributed by atoms with Gasteiger partial charge in [-0.05, 0) is 116 Å². The number of carbonyl (C=O) groups is 3. The average Bonchev–Trinajstić information content (AvgIpc) is 3.45. The summed E-state index contributed by atoms with van der Waals surface area (Å²) in [6, 6.07) is 0. The van der Waals surface area contributed by atoms with E-state index in [0.29, 0.717) is 19.3 Å². The average molecular weight is 1100 g/mol. The number of hydrogen-bond acceptors (Lipinski definition) is 6. The SMILES string of the molecule is CC/C=C\C/C=C\C/C=C\C/C=C\C/C=C\C/C=C\C/C=C\C/C=C\CCCCCCCCCCC(=O)OCC(COC(=O)CCCCCCCCCCCCCC)OC(=O)CCCCCCC/C=C\C/C=C\CCCCCC.